The molecule has 1 N–H and O–H groups in total. The average molecular weight is 350 g/mol. The number of rotatable bonds is 5. The number of piperidine rings is 1. The zero-order chi connectivity index (χ0) is 17.8. The maximum absolute atomic E-state index is 12.1. The van der Waals surface area contributed by atoms with E-state index >= 15 is 0 Å². The molecule has 2 aromatic heterocycles. The van der Waals surface area contributed by atoms with Gasteiger partial charge in [0.1, 0.15) is 5.82 Å². The van der Waals surface area contributed by atoms with Gasteiger partial charge < -0.3 is 10.2 Å². The summed E-state index contributed by atoms with van der Waals surface area (Å²) in [5.74, 6) is 1.64. The van der Waals surface area contributed by atoms with E-state index in [0.717, 1.165) is 30.4 Å². The number of hydrogen-bond donors (Lipinski definition) is 1. The molecule has 0 bridgehead atoms. The van der Waals surface area contributed by atoms with E-state index in [1.54, 1.807) is 16.6 Å². The topological polar surface area (TPSA) is 75.4 Å². The van der Waals surface area contributed by atoms with Crippen molar-refractivity contribution in [1.82, 2.24) is 25.1 Å². The minimum Gasteiger partial charge on any atom is -0.355 e. The highest BCUT2D eigenvalue weighted by Crippen LogP contribution is 2.18. The van der Waals surface area contributed by atoms with Crippen molar-refractivity contribution in [2.45, 2.75) is 25.7 Å². The minimum atomic E-state index is -0.0821. The predicted molar refractivity (Wildman–Crippen MR) is 99.3 cm³/mol. The van der Waals surface area contributed by atoms with E-state index in [9.17, 15) is 4.79 Å². The summed E-state index contributed by atoms with van der Waals surface area (Å²) in [5, 5.41) is 16.1. The second-order valence-corrected chi connectivity index (χ2v) is 6.50. The molecule has 0 atom stereocenters. The van der Waals surface area contributed by atoms with Crippen molar-refractivity contribution in [3.8, 4) is 0 Å². The van der Waals surface area contributed by atoms with E-state index in [0.29, 0.717) is 18.5 Å². The van der Waals surface area contributed by atoms with Crippen LogP contribution in [0.2, 0.25) is 0 Å². The molecule has 0 spiro atoms. The molecule has 134 valence electrons. The smallest absolute Gasteiger partial charge is 0.251 e. The fourth-order valence-electron chi connectivity index (χ4n) is 3.25. The number of anilines is 1. The third kappa shape index (κ3) is 3.51. The Morgan fingerprint density at radius 3 is 2.62 bits per heavy atom. The summed E-state index contributed by atoms with van der Waals surface area (Å²) >= 11 is 0. The number of nitrogens with zero attached hydrogens (tertiary/aromatic N) is 5. The number of carbonyl (C=O) groups excluding carboxylic acids is 1. The van der Waals surface area contributed by atoms with Gasteiger partial charge in [-0.05, 0) is 43.5 Å². The molecule has 0 unspecified atom stereocenters. The minimum absolute atomic E-state index is 0.0821. The first kappa shape index (κ1) is 16.5. The van der Waals surface area contributed by atoms with Gasteiger partial charge in [0.15, 0.2) is 11.5 Å². The summed E-state index contributed by atoms with van der Waals surface area (Å²) in [5.41, 5.74) is 1.39. The van der Waals surface area contributed by atoms with Gasteiger partial charge in [0.25, 0.3) is 5.91 Å². The number of amides is 1. The molecule has 1 aliphatic heterocycles. The number of benzene rings is 1. The van der Waals surface area contributed by atoms with Gasteiger partial charge >= 0.3 is 0 Å². The van der Waals surface area contributed by atoms with Crippen molar-refractivity contribution < 1.29 is 4.79 Å². The van der Waals surface area contributed by atoms with E-state index in [-0.39, 0.29) is 5.91 Å². The first-order valence-electron chi connectivity index (χ1n) is 9.11. The lowest BCUT2D eigenvalue weighted by Crippen LogP contribution is -2.30. The molecule has 7 heteroatoms. The monoisotopic (exact) mass is 350 g/mol. The lowest BCUT2D eigenvalue weighted by molar-refractivity contribution is 0.0954. The van der Waals surface area contributed by atoms with Crippen LogP contribution in [0.3, 0.4) is 0 Å². The maximum Gasteiger partial charge on any atom is 0.251 e. The fourth-order valence-corrected chi connectivity index (χ4v) is 3.25. The van der Waals surface area contributed by atoms with Crippen LogP contribution in [0.5, 0.6) is 0 Å². The first-order valence-corrected chi connectivity index (χ1v) is 9.11. The summed E-state index contributed by atoms with van der Waals surface area (Å²) in [7, 11) is 0. The van der Waals surface area contributed by atoms with Crippen molar-refractivity contribution in [3.05, 3.63) is 53.9 Å². The number of nitrogens with one attached hydrogen (secondary N) is 1. The van der Waals surface area contributed by atoms with Crippen molar-refractivity contribution in [2.24, 2.45) is 0 Å². The molecule has 1 fully saturated rings. The third-order valence-electron chi connectivity index (χ3n) is 4.66. The zero-order valence-corrected chi connectivity index (χ0v) is 14.6. The van der Waals surface area contributed by atoms with Gasteiger partial charge in [-0.2, -0.15) is 4.52 Å². The maximum atomic E-state index is 12.1. The van der Waals surface area contributed by atoms with Gasteiger partial charge in [-0.1, -0.05) is 18.2 Å². The molecule has 3 aromatic rings. The highest BCUT2D eigenvalue weighted by Gasteiger charge is 2.15. The van der Waals surface area contributed by atoms with Gasteiger partial charge in [-0.25, -0.2) is 0 Å². The Balaban J connectivity index is 1.44. The largest absolute Gasteiger partial charge is 0.355 e. The van der Waals surface area contributed by atoms with Crippen LogP contribution in [0.1, 0.15) is 35.4 Å². The predicted octanol–water partition coefficient (Wildman–Crippen LogP) is 2.09. The summed E-state index contributed by atoms with van der Waals surface area (Å²) < 4.78 is 1.79. The van der Waals surface area contributed by atoms with Crippen LogP contribution in [0.15, 0.2) is 42.5 Å². The van der Waals surface area contributed by atoms with Crippen LogP contribution in [-0.4, -0.2) is 45.4 Å². The van der Waals surface area contributed by atoms with Gasteiger partial charge in [0, 0.05) is 31.6 Å². The Labute approximate surface area is 152 Å². The van der Waals surface area contributed by atoms with Crippen LogP contribution >= 0.6 is 0 Å². The van der Waals surface area contributed by atoms with Crippen molar-refractivity contribution in [1.29, 1.82) is 0 Å². The molecule has 4 rings (SSSR count). The molecule has 0 aliphatic carbocycles. The van der Waals surface area contributed by atoms with Crippen molar-refractivity contribution >= 4 is 17.4 Å². The number of hydrogen-bond acceptors (Lipinski definition) is 5. The first-order chi connectivity index (χ1) is 12.8. The lowest BCUT2D eigenvalue weighted by atomic mass is 10.1. The Bertz CT molecular complexity index is 885. The van der Waals surface area contributed by atoms with Gasteiger partial charge in [-0.15, -0.1) is 15.3 Å². The molecule has 1 aliphatic rings. The third-order valence-corrected chi connectivity index (χ3v) is 4.66. The van der Waals surface area contributed by atoms with Crippen molar-refractivity contribution in [3.63, 3.8) is 0 Å². The van der Waals surface area contributed by atoms with Crippen LogP contribution in [0.4, 0.5) is 5.82 Å². The van der Waals surface area contributed by atoms with Crippen molar-refractivity contribution in [2.75, 3.05) is 24.5 Å². The molecule has 3 heterocycles. The second-order valence-electron chi connectivity index (χ2n) is 6.50. The molecule has 26 heavy (non-hydrogen) atoms. The second kappa shape index (κ2) is 7.51. The van der Waals surface area contributed by atoms with E-state index in [2.05, 4.69) is 20.4 Å². The summed E-state index contributed by atoms with van der Waals surface area (Å²) in [6.07, 6.45) is 4.29. The highest BCUT2D eigenvalue weighted by molar-refractivity contribution is 5.94. The van der Waals surface area contributed by atoms with Crippen LogP contribution in [0, 0.1) is 0 Å². The summed E-state index contributed by atoms with van der Waals surface area (Å²) in [6.45, 7) is 2.58. The Hall–Kier alpha value is -2.96. The number of carbonyl (C=O) groups is 1. The van der Waals surface area contributed by atoms with E-state index in [1.165, 1.54) is 19.3 Å². The SMILES string of the molecule is O=C(NCCc1nnc2ccc(N3CCCCC3)nn12)c1ccccc1. The van der Waals surface area contributed by atoms with Crippen LogP contribution < -0.4 is 10.2 Å². The Morgan fingerprint density at radius 1 is 1.00 bits per heavy atom. The van der Waals surface area contributed by atoms with Crippen LogP contribution in [-0.2, 0) is 6.42 Å². The average Bonchev–Trinajstić information content (AvgIpc) is 3.11. The standard InChI is InChI=1S/C19H22N6O/c26-19(15-7-3-1-4-8-15)20-12-11-17-22-21-16-9-10-18(23-25(16)17)24-13-5-2-6-14-24/h1,3-4,7-10H,2,5-6,11-14H2,(H,20,26). The zero-order valence-electron chi connectivity index (χ0n) is 14.6. The van der Waals surface area contributed by atoms with Crippen LogP contribution in [0.25, 0.3) is 5.65 Å². The van der Waals surface area contributed by atoms with Gasteiger partial charge in [0.05, 0.1) is 0 Å². The summed E-state index contributed by atoms with van der Waals surface area (Å²) in [4.78, 5) is 14.4. The lowest BCUT2D eigenvalue weighted by Gasteiger charge is -2.27. The Kier molecular flexibility index (Phi) is 4.77. The molecular formula is C19H22N6O. The molecule has 1 amide bonds. The van der Waals surface area contributed by atoms with E-state index in [4.69, 9.17) is 5.10 Å². The molecule has 1 saturated heterocycles. The fraction of sp³-hybridized carbons (Fsp3) is 0.368. The van der Waals surface area contributed by atoms with E-state index < -0.39 is 0 Å². The molecular weight excluding hydrogens is 328 g/mol. The molecule has 0 saturated carbocycles. The van der Waals surface area contributed by atoms with E-state index in [1.807, 2.05) is 30.3 Å². The highest BCUT2D eigenvalue weighted by atomic mass is 16.1. The number of aromatic nitrogens is 4. The van der Waals surface area contributed by atoms with Gasteiger partial charge in [-0.3, -0.25) is 4.79 Å². The quantitative estimate of drug-likeness (QED) is 0.762. The molecule has 7 nitrogen and oxygen atoms in total. The molecule has 1 aromatic carbocycles. The summed E-state index contributed by atoms with van der Waals surface area (Å²) in [6, 6.07) is 13.2. The number of fused-ring (bicyclic) bond motifs is 1. The Morgan fingerprint density at radius 2 is 1.81 bits per heavy atom. The molecule has 0 radical (unpaired) electrons. The van der Waals surface area contributed by atoms with Gasteiger partial charge in [0.2, 0.25) is 0 Å². The normalized spacial score (nSPS) is 14.5.